The highest BCUT2D eigenvalue weighted by Crippen LogP contribution is 2.29. The van der Waals surface area contributed by atoms with Gasteiger partial charge < -0.3 is 5.73 Å². The molecule has 0 atom stereocenters. The van der Waals surface area contributed by atoms with Crippen molar-refractivity contribution in [3.63, 3.8) is 0 Å². The fourth-order valence-corrected chi connectivity index (χ4v) is 2.93. The summed E-state index contributed by atoms with van der Waals surface area (Å²) in [4.78, 5) is -0.232. The standard InChI is InChI=1S/C15H12ClN3O3S/c16-13-7-2-1-6-12(13)14-9-15(17)19(18-14)10-4-3-5-11(8-10)23(20,21)22/h1-9H,17H2,(H,20,21,22). The third-order valence-electron chi connectivity index (χ3n) is 3.25. The molecule has 0 aliphatic rings. The third kappa shape index (κ3) is 3.07. The van der Waals surface area contributed by atoms with Crippen molar-refractivity contribution in [1.29, 1.82) is 0 Å². The molecule has 3 aromatic rings. The summed E-state index contributed by atoms with van der Waals surface area (Å²) in [5.74, 6) is 0.312. The van der Waals surface area contributed by atoms with Crippen LogP contribution in [0, 0.1) is 0 Å². The maximum Gasteiger partial charge on any atom is 0.294 e. The van der Waals surface area contributed by atoms with Gasteiger partial charge in [-0.1, -0.05) is 35.9 Å². The molecular weight excluding hydrogens is 338 g/mol. The molecule has 8 heteroatoms. The van der Waals surface area contributed by atoms with E-state index in [0.717, 1.165) is 0 Å². The molecule has 118 valence electrons. The molecule has 3 rings (SSSR count). The molecule has 0 spiro atoms. The number of anilines is 1. The molecule has 0 saturated carbocycles. The van der Waals surface area contributed by atoms with Crippen LogP contribution in [0.4, 0.5) is 5.82 Å². The van der Waals surface area contributed by atoms with Crippen molar-refractivity contribution in [1.82, 2.24) is 9.78 Å². The zero-order valence-electron chi connectivity index (χ0n) is 11.7. The van der Waals surface area contributed by atoms with Gasteiger partial charge in [0.15, 0.2) is 0 Å². The number of halogens is 1. The quantitative estimate of drug-likeness (QED) is 0.708. The van der Waals surface area contributed by atoms with Crippen LogP contribution >= 0.6 is 11.6 Å². The van der Waals surface area contributed by atoms with Crippen molar-refractivity contribution < 1.29 is 13.0 Å². The second-order valence-electron chi connectivity index (χ2n) is 4.82. The van der Waals surface area contributed by atoms with Crippen molar-refractivity contribution in [3.05, 3.63) is 59.6 Å². The van der Waals surface area contributed by atoms with Gasteiger partial charge in [-0.25, -0.2) is 4.68 Å². The molecule has 2 aromatic carbocycles. The number of rotatable bonds is 3. The summed E-state index contributed by atoms with van der Waals surface area (Å²) in [5, 5.41) is 4.90. The first-order valence-corrected chi connectivity index (χ1v) is 8.36. The SMILES string of the molecule is Nc1cc(-c2ccccc2Cl)nn1-c1cccc(S(=O)(=O)O)c1. The number of nitrogens with zero attached hydrogens (tertiary/aromatic N) is 2. The Hall–Kier alpha value is -2.35. The third-order valence-corrected chi connectivity index (χ3v) is 4.43. The van der Waals surface area contributed by atoms with Gasteiger partial charge in [0.1, 0.15) is 5.82 Å². The van der Waals surface area contributed by atoms with Crippen LogP contribution in [0.25, 0.3) is 16.9 Å². The van der Waals surface area contributed by atoms with E-state index in [-0.39, 0.29) is 4.90 Å². The van der Waals surface area contributed by atoms with Crippen LogP contribution < -0.4 is 5.73 Å². The Labute approximate surface area is 137 Å². The molecule has 0 fully saturated rings. The van der Waals surface area contributed by atoms with E-state index in [0.29, 0.717) is 27.8 Å². The van der Waals surface area contributed by atoms with Crippen LogP contribution in [0.3, 0.4) is 0 Å². The summed E-state index contributed by atoms with van der Waals surface area (Å²) in [6.07, 6.45) is 0. The minimum atomic E-state index is -4.30. The minimum absolute atomic E-state index is 0.232. The normalized spacial score (nSPS) is 11.6. The Balaban J connectivity index is 2.11. The van der Waals surface area contributed by atoms with Gasteiger partial charge in [-0.2, -0.15) is 13.5 Å². The Kier molecular flexibility index (Phi) is 3.85. The van der Waals surface area contributed by atoms with Crippen LogP contribution in [0.5, 0.6) is 0 Å². The van der Waals surface area contributed by atoms with Gasteiger partial charge in [0, 0.05) is 11.6 Å². The smallest absolute Gasteiger partial charge is 0.294 e. The summed E-state index contributed by atoms with van der Waals surface area (Å²) < 4.78 is 33.0. The number of hydrogen-bond acceptors (Lipinski definition) is 4. The molecule has 0 saturated heterocycles. The fraction of sp³-hybridized carbons (Fsp3) is 0. The van der Waals surface area contributed by atoms with Gasteiger partial charge in [-0.05, 0) is 24.3 Å². The highest BCUT2D eigenvalue weighted by molar-refractivity contribution is 7.85. The molecule has 3 N–H and O–H groups in total. The molecule has 0 aliphatic carbocycles. The number of hydrogen-bond donors (Lipinski definition) is 2. The van der Waals surface area contributed by atoms with Gasteiger partial charge >= 0.3 is 0 Å². The van der Waals surface area contributed by atoms with Crippen molar-refractivity contribution in [3.8, 4) is 16.9 Å². The van der Waals surface area contributed by atoms with E-state index < -0.39 is 10.1 Å². The molecule has 1 aromatic heterocycles. The number of nitrogens with two attached hydrogens (primary N) is 1. The van der Waals surface area contributed by atoms with Crippen LogP contribution in [0.1, 0.15) is 0 Å². The predicted molar refractivity (Wildman–Crippen MR) is 88.2 cm³/mol. The Morgan fingerprint density at radius 1 is 1.09 bits per heavy atom. The van der Waals surface area contributed by atoms with Crippen molar-refractivity contribution in [2.75, 3.05) is 5.73 Å². The lowest BCUT2D eigenvalue weighted by Gasteiger charge is -2.05. The molecule has 23 heavy (non-hydrogen) atoms. The largest absolute Gasteiger partial charge is 0.384 e. The van der Waals surface area contributed by atoms with E-state index in [9.17, 15) is 8.42 Å². The molecule has 1 heterocycles. The van der Waals surface area contributed by atoms with Crippen molar-refractivity contribution in [2.24, 2.45) is 0 Å². The van der Waals surface area contributed by atoms with E-state index in [1.165, 1.54) is 22.9 Å². The van der Waals surface area contributed by atoms with E-state index in [4.69, 9.17) is 21.9 Å². The van der Waals surface area contributed by atoms with Gasteiger partial charge in [0.2, 0.25) is 0 Å². The molecule has 0 unspecified atom stereocenters. The fourth-order valence-electron chi connectivity index (χ4n) is 2.18. The summed E-state index contributed by atoms with van der Waals surface area (Å²) in [6, 6.07) is 14.5. The number of aromatic nitrogens is 2. The lowest BCUT2D eigenvalue weighted by Crippen LogP contribution is -2.04. The Bertz CT molecular complexity index is 983. The van der Waals surface area contributed by atoms with Crippen LogP contribution in [-0.2, 0) is 10.1 Å². The molecule has 0 aliphatic heterocycles. The zero-order chi connectivity index (χ0) is 16.6. The van der Waals surface area contributed by atoms with Crippen LogP contribution in [-0.4, -0.2) is 22.8 Å². The number of benzene rings is 2. The first-order chi connectivity index (χ1) is 10.9. The second kappa shape index (κ2) is 5.69. The minimum Gasteiger partial charge on any atom is -0.384 e. The maximum atomic E-state index is 11.2. The molecule has 6 nitrogen and oxygen atoms in total. The van der Waals surface area contributed by atoms with Crippen molar-refractivity contribution in [2.45, 2.75) is 4.90 Å². The Morgan fingerprint density at radius 3 is 2.52 bits per heavy atom. The lowest BCUT2D eigenvalue weighted by molar-refractivity contribution is 0.483. The highest BCUT2D eigenvalue weighted by atomic mass is 35.5. The monoisotopic (exact) mass is 349 g/mol. The molecule has 0 radical (unpaired) electrons. The van der Waals surface area contributed by atoms with Gasteiger partial charge in [0.25, 0.3) is 10.1 Å². The average molecular weight is 350 g/mol. The first-order valence-electron chi connectivity index (χ1n) is 6.54. The van der Waals surface area contributed by atoms with Gasteiger partial charge in [0.05, 0.1) is 21.3 Å². The second-order valence-corrected chi connectivity index (χ2v) is 6.65. The van der Waals surface area contributed by atoms with Gasteiger partial charge in [-0.15, -0.1) is 0 Å². The van der Waals surface area contributed by atoms with E-state index in [1.807, 2.05) is 18.2 Å². The summed E-state index contributed by atoms with van der Waals surface area (Å²) in [6.45, 7) is 0. The first kappa shape index (κ1) is 15.5. The van der Waals surface area contributed by atoms with Crippen molar-refractivity contribution >= 4 is 27.5 Å². The summed E-state index contributed by atoms with van der Waals surface area (Å²) >= 11 is 6.15. The molecule has 0 bridgehead atoms. The summed E-state index contributed by atoms with van der Waals surface area (Å²) in [7, 11) is -4.30. The topological polar surface area (TPSA) is 98.2 Å². The average Bonchev–Trinajstić information content (AvgIpc) is 2.89. The molecule has 0 amide bonds. The van der Waals surface area contributed by atoms with Crippen LogP contribution in [0.15, 0.2) is 59.5 Å². The maximum absolute atomic E-state index is 11.2. The summed E-state index contributed by atoms with van der Waals surface area (Å²) in [5.41, 5.74) is 7.65. The van der Waals surface area contributed by atoms with E-state index in [2.05, 4.69) is 5.10 Å². The highest BCUT2D eigenvalue weighted by Gasteiger charge is 2.14. The predicted octanol–water partition coefficient (Wildman–Crippen LogP) is 3.02. The lowest BCUT2D eigenvalue weighted by atomic mass is 10.1. The Morgan fingerprint density at radius 2 is 1.83 bits per heavy atom. The zero-order valence-corrected chi connectivity index (χ0v) is 13.3. The molecular formula is C15H12ClN3O3S. The van der Waals surface area contributed by atoms with Gasteiger partial charge in [-0.3, -0.25) is 4.55 Å². The van der Waals surface area contributed by atoms with E-state index >= 15 is 0 Å². The number of nitrogen functional groups attached to an aromatic ring is 1. The van der Waals surface area contributed by atoms with E-state index in [1.54, 1.807) is 18.2 Å². The van der Waals surface area contributed by atoms with Crippen LogP contribution in [0.2, 0.25) is 5.02 Å².